The molecule has 3 rings (SSSR count). The summed E-state index contributed by atoms with van der Waals surface area (Å²) in [6.45, 7) is 4.24. The highest BCUT2D eigenvalue weighted by atomic mass is 32.2. The first-order valence-electron chi connectivity index (χ1n) is 9.25. The maximum atomic E-state index is 13.6. The summed E-state index contributed by atoms with van der Waals surface area (Å²) in [4.78, 5) is 12.4. The van der Waals surface area contributed by atoms with Crippen LogP contribution < -0.4 is 23.3 Å². The first-order chi connectivity index (χ1) is 14.9. The van der Waals surface area contributed by atoms with Gasteiger partial charge in [-0.2, -0.15) is 0 Å². The molecule has 0 spiro atoms. The molecule has 0 radical (unpaired) electrons. The minimum atomic E-state index is -4.14. The molecule has 31 heavy (non-hydrogen) atoms. The van der Waals surface area contributed by atoms with Crippen molar-refractivity contribution in [1.29, 1.82) is 0 Å². The second kappa shape index (κ2) is 9.17. The van der Waals surface area contributed by atoms with Crippen LogP contribution in [0.15, 0.2) is 47.9 Å². The van der Waals surface area contributed by atoms with Crippen LogP contribution in [0.25, 0.3) is 0 Å². The number of hydrogen-bond acceptors (Lipinski definition) is 8. The molecule has 0 saturated heterocycles. The maximum Gasteiger partial charge on any atom is 0.340 e. The average Bonchev–Trinajstić information content (AvgIpc) is 2.80. The van der Waals surface area contributed by atoms with Gasteiger partial charge in [0.15, 0.2) is 23.0 Å². The van der Waals surface area contributed by atoms with E-state index in [1.54, 1.807) is 0 Å². The highest BCUT2D eigenvalue weighted by Gasteiger charge is 2.31. The number of carbonyl (C=O) groups is 1. The average molecular weight is 449 g/mol. The second-order valence-corrected chi connectivity index (χ2v) is 8.21. The molecule has 0 aromatic heterocycles. The molecule has 1 aliphatic heterocycles. The summed E-state index contributed by atoms with van der Waals surface area (Å²) in [5.41, 5.74) is 0.0439. The van der Waals surface area contributed by atoms with Crippen LogP contribution in [0.3, 0.4) is 0 Å². The highest BCUT2D eigenvalue weighted by molar-refractivity contribution is 7.92. The predicted molar refractivity (Wildman–Crippen MR) is 113 cm³/mol. The van der Waals surface area contributed by atoms with Crippen LogP contribution in [0.2, 0.25) is 0 Å². The fourth-order valence-corrected chi connectivity index (χ4v) is 4.56. The maximum absolute atomic E-state index is 13.6. The van der Waals surface area contributed by atoms with Crippen molar-refractivity contribution >= 4 is 21.7 Å². The summed E-state index contributed by atoms with van der Waals surface area (Å²) in [6.07, 6.45) is 1.41. The van der Waals surface area contributed by atoms with Crippen molar-refractivity contribution in [3.63, 3.8) is 0 Å². The van der Waals surface area contributed by atoms with Crippen LogP contribution in [0.4, 0.5) is 5.69 Å². The number of ether oxygens (including phenoxy) is 5. The van der Waals surface area contributed by atoms with Crippen LogP contribution in [-0.2, 0) is 14.8 Å². The number of benzene rings is 2. The van der Waals surface area contributed by atoms with Gasteiger partial charge in [-0.05, 0) is 12.1 Å². The molecular formula is C21H23NO8S. The Kier molecular flexibility index (Phi) is 6.59. The van der Waals surface area contributed by atoms with E-state index in [1.165, 1.54) is 57.7 Å². The zero-order chi connectivity index (χ0) is 22.6. The molecule has 0 bridgehead atoms. The summed E-state index contributed by atoms with van der Waals surface area (Å²) in [5, 5.41) is 0. The van der Waals surface area contributed by atoms with E-state index in [9.17, 15) is 13.2 Å². The van der Waals surface area contributed by atoms with Crippen molar-refractivity contribution in [2.75, 3.05) is 45.4 Å². The van der Waals surface area contributed by atoms with Crippen LogP contribution in [0, 0.1) is 0 Å². The van der Waals surface area contributed by atoms with E-state index in [2.05, 4.69) is 6.58 Å². The molecule has 0 unspecified atom stereocenters. The van der Waals surface area contributed by atoms with Gasteiger partial charge in [0, 0.05) is 18.2 Å². The highest BCUT2D eigenvalue weighted by Crippen LogP contribution is 2.39. The number of rotatable bonds is 8. The SMILES string of the molecule is C=CCN(c1cc(OC)c(OC)cc1C(=O)OC)S(=O)(=O)c1ccc2c(c1)OCCO2. The minimum Gasteiger partial charge on any atom is -0.493 e. The number of fused-ring (bicyclic) bond motifs is 1. The van der Waals surface area contributed by atoms with Gasteiger partial charge in [-0.15, -0.1) is 6.58 Å². The molecule has 1 heterocycles. The molecule has 1 aliphatic rings. The molecule has 166 valence electrons. The number of sulfonamides is 1. The largest absolute Gasteiger partial charge is 0.493 e. The topological polar surface area (TPSA) is 101 Å². The molecule has 2 aromatic carbocycles. The number of anilines is 1. The molecular weight excluding hydrogens is 426 g/mol. The number of hydrogen-bond donors (Lipinski definition) is 0. The van der Waals surface area contributed by atoms with E-state index in [-0.39, 0.29) is 34.2 Å². The third-order valence-electron chi connectivity index (χ3n) is 4.57. The molecule has 0 fully saturated rings. The smallest absolute Gasteiger partial charge is 0.340 e. The van der Waals surface area contributed by atoms with Crippen molar-refractivity contribution in [3.8, 4) is 23.0 Å². The Labute approximate surface area is 180 Å². The van der Waals surface area contributed by atoms with Crippen LogP contribution in [0.5, 0.6) is 23.0 Å². The predicted octanol–water partition coefficient (Wildman–Crippen LogP) is 2.64. The van der Waals surface area contributed by atoms with Crippen LogP contribution >= 0.6 is 0 Å². The lowest BCUT2D eigenvalue weighted by Crippen LogP contribution is -2.33. The van der Waals surface area contributed by atoms with Gasteiger partial charge in [0.1, 0.15) is 13.2 Å². The van der Waals surface area contributed by atoms with E-state index in [0.717, 1.165) is 4.31 Å². The number of carbonyl (C=O) groups excluding carboxylic acids is 1. The molecule has 0 amide bonds. The van der Waals surface area contributed by atoms with E-state index in [0.29, 0.717) is 24.7 Å². The third-order valence-corrected chi connectivity index (χ3v) is 6.35. The van der Waals surface area contributed by atoms with Gasteiger partial charge >= 0.3 is 5.97 Å². The van der Waals surface area contributed by atoms with E-state index in [4.69, 9.17) is 23.7 Å². The Morgan fingerprint density at radius 2 is 1.71 bits per heavy atom. The Morgan fingerprint density at radius 3 is 2.32 bits per heavy atom. The van der Waals surface area contributed by atoms with E-state index >= 15 is 0 Å². The molecule has 0 saturated carbocycles. The van der Waals surface area contributed by atoms with E-state index in [1.807, 2.05) is 0 Å². The van der Waals surface area contributed by atoms with Crippen molar-refractivity contribution in [1.82, 2.24) is 0 Å². The summed E-state index contributed by atoms with van der Waals surface area (Å²) in [6, 6.07) is 7.11. The van der Waals surface area contributed by atoms with Gasteiger partial charge in [-0.1, -0.05) is 6.08 Å². The normalized spacial score (nSPS) is 12.6. The van der Waals surface area contributed by atoms with E-state index < -0.39 is 16.0 Å². The molecule has 0 aliphatic carbocycles. The monoisotopic (exact) mass is 449 g/mol. The van der Waals surface area contributed by atoms with Gasteiger partial charge in [-0.25, -0.2) is 13.2 Å². The Morgan fingerprint density at radius 1 is 1.06 bits per heavy atom. The standard InChI is InChI=1S/C21H23NO8S/c1-5-8-22(16-13-19(27-3)18(26-2)12-15(16)21(23)28-4)31(24,25)14-6-7-17-20(11-14)30-10-9-29-17/h5-7,11-13H,1,8-10H2,2-4H3. The molecule has 10 heteroatoms. The lowest BCUT2D eigenvalue weighted by Gasteiger charge is -2.27. The quantitative estimate of drug-likeness (QED) is 0.448. The molecule has 0 atom stereocenters. The summed E-state index contributed by atoms with van der Waals surface area (Å²) < 4.78 is 54.6. The number of esters is 1. The second-order valence-electron chi connectivity index (χ2n) is 6.35. The molecule has 9 nitrogen and oxygen atoms in total. The minimum absolute atomic E-state index is 0.0110. The van der Waals surface area contributed by atoms with Crippen LogP contribution in [-0.4, -0.2) is 55.5 Å². The molecule has 2 aromatic rings. The molecule has 0 N–H and O–H groups in total. The van der Waals surface area contributed by atoms with Crippen molar-refractivity contribution in [2.24, 2.45) is 0 Å². The Balaban J connectivity index is 2.19. The van der Waals surface area contributed by atoms with Gasteiger partial charge in [0.25, 0.3) is 10.0 Å². The first kappa shape index (κ1) is 22.3. The van der Waals surface area contributed by atoms with Gasteiger partial charge in [0.2, 0.25) is 0 Å². The zero-order valence-electron chi connectivity index (χ0n) is 17.4. The lowest BCUT2D eigenvalue weighted by atomic mass is 10.1. The fraction of sp³-hybridized carbons (Fsp3) is 0.286. The number of nitrogens with zero attached hydrogens (tertiary/aromatic N) is 1. The summed E-state index contributed by atoms with van der Waals surface area (Å²) in [7, 11) is -0.114. The Bertz CT molecular complexity index is 1100. The zero-order valence-corrected chi connectivity index (χ0v) is 18.2. The lowest BCUT2D eigenvalue weighted by molar-refractivity contribution is 0.0601. The number of methoxy groups -OCH3 is 3. The van der Waals surface area contributed by atoms with Gasteiger partial charge < -0.3 is 23.7 Å². The van der Waals surface area contributed by atoms with Crippen molar-refractivity contribution < 1.29 is 36.9 Å². The first-order valence-corrected chi connectivity index (χ1v) is 10.7. The Hall–Kier alpha value is -3.40. The summed E-state index contributed by atoms with van der Waals surface area (Å²) in [5.74, 6) is 0.550. The fourth-order valence-electron chi connectivity index (χ4n) is 3.10. The van der Waals surface area contributed by atoms with Crippen molar-refractivity contribution in [2.45, 2.75) is 4.90 Å². The van der Waals surface area contributed by atoms with Gasteiger partial charge in [-0.3, -0.25) is 4.31 Å². The van der Waals surface area contributed by atoms with Crippen molar-refractivity contribution in [3.05, 3.63) is 48.6 Å². The summed E-state index contributed by atoms with van der Waals surface area (Å²) >= 11 is 0. The third kappa shape index (κ3) is 4.24. The van der Waals surface area contributed by atoms with Gasteiger partial charge in [0.05, 0.1) is 44.0 Å². The van der Waals surface area contributed by atoms with Crippen LogP contribution in [0.1, 0.15) is 10.4 Å².